The highest BCUT2D eigenvalue weighted by Gasteiger charge is 2.28. The van der Waals surface area contributed by atoms with E-state index in [1.54, 1.807) is 31.2 Å². The van der Waals surface area contributed by atoms with E-state index in [-0.39, 0.29) is 22.8 Å². The molecule has 3 aromatic rings. The first-order valence-corrected chi connectivity index (χ1v) is 11.6. The maximum atomic E-state index is 13.9. The van der Waals surface area contributed by atoms with Crippen molar-refractivity contribution < 1.29 is 31.9 Å². The van der Waals surface area contributed by atoms with Crippen molar-refractivity contribution in [2.24, 2.45) is 0 Å². The number of hydrogen-bond acceptors (Lipinski definition) is 6. The summed E-state index contributed by atoms with van der Waals surface area (Å²) in [5.41, 5.74) is 4.74. The molecule has 4 rings (SSSR count). The number of carbonyl (C=O) groups excluding carboxylic acids is 2. The molecule has 1 unspecified atom stereocenters. The third kappa shape index (κ3) is 4.94. The van der Waals surface area contributed by atoms with Crippen LogP contribution in [0, 0.1) is 12.7 Å². The van der Waals surface area contributed by atoms with E-state index in [1.165, 1.54) is 30.3 Å². The van der Waals surface area contributed by atoms with Gasteiger partial charge in [0.1, 0.15) is 12.4 Å². The Morgan fingerprint density at radius 1 is 0.971 bits per heavy atom. The van der Waals surface area contributed by atoms with Crippen LogP contribution in [0.15, 0.2) is 71.6 Å². The summed E-state index contributed by atoms with van der Waals surface area (Å²) in [4.78, 5) is 24.8. The van der Waals surface area contributed by atoms with Gasteiger partial charge in [0.05, 0.1) is 10.6 Å². The number of carbonyl (C=O) groups is 2. The minimum absolute atomic E-state index is 0.00265. The molecule has 9 nitrogen and oxygen atoms in total. The highest BCUT2D eigenvalue weighted by molar-refractivity contribution is 7.92. The van der Waals surface area contributed by atoms with Gasteiger partial charge < -0.3 is 9.47 Å². The first-order chi connectivity index (χ1) is 16.2. The zero-order valence-corrected chi connectivity index (χ0v) is 18.7. The molecule has 0 aliphatic carbocycles. The summed E-state index contributed by atoms with van der Waals surface area (Å²) in [7, 11) is -4.18. The van der Waals surface area contributed by atoms with E-state index in [0.29, 0.717) is 17.1 Å². The average Bonchev–Trinajstić information content (AvgIpc) is 2.83. The van der Waals surface area contributed by atoms with Crippen LogP contribution in [0.1, 0.15) is 15.9 Å². The molecule has 0 radical (unpaired) electrons. The highest BCUT2D eigenvalue weighted by Crippen LogP contribution is 2.30. The SMILES string of the molecule is Cc1ccc(S(=O)(=O)Nc2ccccc2F)cc1C(=O)NNC(=O)C1COc2ccccc2O1. The summed E-state index contributed by atoms with van der Waals surface area (Å²) in [5, 5.41) is 0. The molecule has 0 saturated heterocycles. The Morgan fingerprint density at radius 3 is 2.44 bits per heavy atom. The lowest BCUT2D eigenvalue weighted by molar-refractivity contribution is -0.131. The third-order valence-electron chi connectivity index (χ3n) is 4.98. The monoisotopic (exact) mass is 485 g/mol. The van der Waals surface area contributed by atoms with Gasteiger partial charge in [-0.2, -0.15) is 0 Å². The Morgan fingerprint density at radius 2 is 1.68 bits per heavy atom. The zero-order chi connectivity index (χ0) is 24.3. The van der Waals surface area contributed by atoms with Crippen LogP contribution in [-0.4, -0.2) is 32.9 Å². The standard InChI is InChI=1S/C23H20FN3O6S/c1-14-10-11-15(34(30,31)27-18-7-3-2-6-17(18)24)12-16(14)22(28)25-26-23(29)21-13-32-19-8-4-5-9-20(19)33-21/h2-12,21,27H,13H2,1H3,(H,25,28)(H,26,29). The minimum atomic E-state index is -4.18. The van der Waals surface area contributed by atoms with E-state index in [0.717, 1.165) is 12.1 Å². The van der Waals surface area contributed by atoms with E-state index in [9.17, 15) is 22.4 Å². The van der Waals surface area contributed by atoms with Crippen LogP contribution in [-0.2, 0) is 14.8 Å². The quantitative estimate of drug-likeness (QED) is 0.478. The normalized spacial score (nSPS) is 14.7. The number of halogens is 1. The molecule has 0 fully saturated rings. The predicted octanol–water partition coefficient (Wildman–Crippen LogP) is 2.54. The van der Waals surface area contributed by atoms with Crippen molar-refractivity contribution in [3.8, 4) is 11.5 Å². The number of hydrogen-bond donors (Lipinski definition) is 3. The second-order valence-electron chi connectivity index (χ2n) is 7.37. The van der Waals surface area contributed by atoms with Gasteiger partial charge in [-0.05, 0) is 48.9 Å². The molecule has 11 heteroatoms. The lowest BCUT2D eigenvalue weighted by Gasteiger charge is -2.25. The van der Waals surface area contributed by atoms with Gasteiger partial charge in [0.2, 0.25) is 6.10 Å². The number of fused-ring (bicyclic) bond motifs is 1. The van der Waals surface area contributed by atoms with E-state index >= 15 is 0 Å². The Hall–Kier alpha value is -4.12. The number of ether oxygens (including phenoxy) is 2. The van der Waals surface area contributed by atoms with Crippen molar-refractivity contribution in [2.45, 2.75) is 17.9 Å². The van der Waals surface area contributed by atoms with Crippen molar-refractivity contribution in [1.29, 1.82) is 0 Å². The number of amides is 2. The van der Waals surface area contributed by atoms with E-state index in [4.69, 9.17) is 9.47 Å². The van der Waals surface area contributed by atoms with Crippen molar-refractivity contribution in [2.75, 3.05) is 11.3 Å². The number of rotatable bonds is 5. The molecule has 1 heterocycles. The van der Waals surface area contributed by atoms with E-state index in [2.05, 4.69) is 15.6 Å². The molecule has 1 aliphatic heterocycles. The molecule has 1 aliphatic rings. The summed E-state index contributed by atoms with van der Waals surface area (Å²) in [6, 6.07) is 16.0. The van der Waals surface area contributed by atoms with Gasteiger partial charge in [-0.1, -0.05) is 30.3 Å². The van der Waals surface area contributed by atoms with Crippen molar-refractivity contribution in [1.82, 2.24) is 10.9 Å². The second kappa shape index (κ2) is 9.40. The molecule has 3 aromatic carbocycles. The van der Waals surface area contributed by atoms with E-state index < -0.39 is 33.8 Å². The molecule has 3 N–H and O–H groups in total. The van der Waals surface area contributed by atoms with E-state index in [1.807, 2.05) is 0 Å². The first kappa shape index (κ1) is 23.1. The smallest absolute Gasteiger partial charge is 0.283 e. The number of anilines is 1. The molecule has 0 saturated carbocycles. The largest absolute Gasteiger partial charge is 0.485 e. The lowest BCUT2D eigenvalue weighted by Crippen LogP contribution is -2.51. The third-order valence-corrected chi connectivity index (χ3v) is 6.35. The maximum absolute atomic E-state index is 13.9. The second-order valence-corrected chi connectivity index (χ2v) is 9.05. The molecule has 34 heavy (non-hydrogen) atoms. The van der Waals surface area contributed by atoms with Crippen LogP contribution in [0.5, 0.6) is 11.5 Å². The van der Waals surface area contributed by atoms with Gasteiger partial charge in [0.25, 0.3) is 21.8 Å². The summed E-state index contributed by atoms with van der Waals surface area (Å²) < 4.78 is 52.5. The lowest BCUT2D eigenvalue weighted by atomic mass is 10.1. The topological polar surface area (TPSA) is 123 Å². The van der Waals surface area contributed by atoms with Crippen LogP contribution < -0.4 is 25.0 Å². The molecule has 0 bridgehead atoms. The summed E-state index contributed by atoms with van der Waals surface area (Å²) in [6.07, 6.45) is -0.993. The van der Waals surface area contributed by atoms with Gasteiger partial charge in [-0.3, -0.25) is 25.2 Å². The van der Waals surface area contributed by atoms with Crippen LogP contribution in [0.3, 0.4) is 0 Å². The average molecular weight is 485 g/mol. The summed E-state index contributed by atoms with van der Waals surface area (Å²) in [5.74, 6) is -1.23. The molecular formula is C23H20FN3O6S. The number of sulfonamides is 1. The number of nitrogens with one attached hydrogen (secondary N) is 3. The molecule has 0 aromatic heterocycles. The highest BCUT2D eigenvalue weighted by atomic mass is 32.2. The molecule has 0 spiro atoms. The fraction of sp³-hybridized carbons (Fsp3) is 0.130. The molecule has 1 atom stereocenters. The number of para-hydroxylation sites is 3. The Balaban J connectivity index is 1.44. The molecule has 2 amide bonds. The molecule has 176 valence electrons. The number of hydrazine groups is 1. The number of benzene rings is 3. The summed E-state index contributed by atoms with van der Waals surface area (Å²) in [6.45, 7) is 1.56. The minimum Gasteiger partial charge on any atom is -0.485 e. The zero-order valence-electron chi connectivity index (χ0n) is 17.9. The van der Waals surface area contributed by atoms with Crippen molar-refractivity contribution in [3.63, 3.8) is 0 Å². The van der Waals surface area contributed by atoms with Crippen LogP contribution in [0.25, 0.3) is 0 Å². The van der Waals surface area contributed by atoms with Gasteiger partial charge in [0, 0.05) is 5.56 Å². The Bertz CT molecular complexity index is 1360. The molecular weight excluding hydrogens is 465 g/mol. The van der Waals surface area contributed by atoms with Crippen LogP contribution in [0.4, 0.5) is 10.1 Å². The Labute approximate surface area is 194 Å². The van der Waals surface area contributed by atoms with Gasteiger partial charge in [-0.25, -0.2) is 12.8 Å². The maximum Gasteiger partial charge on any atom is 0.283 e. The fourth-order valence-electron chi connectivity index (χ4n) is 3.18. The van der Waals surface area contributed by atoms with Crippen molar-refractivity contribution in [3.05, 3.63) is 83.7 Å². The number of aryl methyl sites for hydroxylation is 1. The van der Waals surface area contributed by atoms with Gasteiger partial charge >= 0.3 is 0 Å². The fourth-order valence-corrected chi connectivity index (χ4v) is 4.27. The summed E-state index contributed by atoms with van der Waals surface area (Å²) >= 11 is 0. The van der Waals surface area contributed by atoms with Gasteiger partial charge in [-0.15, -0.1) is 0 Å². The van der Waals surface area contributed by atoms with Crippen LogP contribution in [0.2, 0.25) is 0 Å². The first-order valence-electron chi connectivity index (χ1n) is 10.1. The van der Waals surface area contributed by atoms with Crippen LogP contribution >= 0.6 is 0 Å². The van der Waals surface area contributed by atoms with Crippen molar-refractivity contribution >= 4 is 27.5 Å². The van der Waals surface area contributed by atoms with Gasteiger partial charge in [0.15, 0.2) is 11.5 Å². The predicted molar refractivity (Wildman–Crippen MR) is 120 cm³/mol. The Kier molecular flexibility index (Phi) is 6.37.